The fraction of sp³-hybridized carbons (Fsp3) is 0.674. The summed E-state index contributed by atoms with van der Waals surface area (Å²) >= 11 is 0. The second-order valence-corrected chi connectivity index (χ2v) is 14.8. The van der Waals surface area contributed by atoms with Gasteiger partial charge in [-0.05, 0) is 83.5 Å². The predicted molar refractivity (Wildman–Crippen MR) is 219 cm³/mol. The fourth-order valence-corrected chi connectivity index (χ4v) is 5.60. The van der Waals surface area contributed by atoms with E-state index in [9.17, 15) is 24.4 Å². The second-order valence-electron chi connectivity index (χ2n) is 13.5. The molecule has 0 aromatic heterocycles. The Morgan fingerprint density at radius 1 is 0.574 bits per heavy atom. The molecule has 0 bridgehead atoms. The van der Waals surface area contributed by atoms with Gasteiger partial charge in [-0.15, -0.1) is 0 Å². The minimum Gasteiger partial charge on any atom is -0.462 e. The van der Waals surface area contributed by atoms with E-state index in [4.69, 9.17) is 19.3 Å². The quantitative estimate of drug-likeness (QED) is 0.0209. The van der Waals surface area contributed by atoms with Gasteiger partial charge < -0.3 is 29.5 Å². The molecular weight excluding hydrogens is 707 g/mol. The Bertz CT molecular complexity index is 1140. The molecule has 0 unspecified atom stereocenters. The zero-order valence-corrected chi connectivity index (χ0v) is 34.2. The number of hydrogen-bond donors (Lipinski definition) is 4. The molecule has 54 heavy (non-hydrogen) atoms. The molecule has 10 nitrogen and oxygen atoms in total. The van der Waals surface area contributed by atoms with Gasteiger partial charge in [-0.1, -0.05) is 132 Å². The summed E-state index contributed by atoms with van der Waals surface area (Å²) in [6.07, 6.45) is 40.7. The number of rotatable bonds is 36. The molecule has 310 valence electrons. The highest BCUT2D eigenvalue weighted by Crippen LogP contribution is 2.36. The van der Waals surface area contributed by atoms with Gasteiger partial charge in [0, 0.05) is 12.8 Å². The van der Waals surface area contributed by atoms with E-state index in [1.54, 1.807) is 0 Å². The number of esters is 2. The molecule has 0 saturated heterocycles. The summed E-state index contributed by atoms with van der Waals surface area (Å²) in [6, 6.07) is 0. The number of aliphatic hydroxyl groups is 2. The summed E-state index contributed by atoms with van der Waals surface area (Å²) < 4.78 is 26.3. The molecule has 0 aromatic rings. The number of phosphoric ester groups is 1. The second kappa shape index (κ2) is 37.3. The number of unbranched alkanes of at least 4 members (excludes halogenated alkanes) is 10. The van der Waals surface area contributed by atoms with Crippen molar-refractivity contribution >= 4 is 19.8 Å². The van der Waals surface area contributed by atoms with Gasteiger partial charge >= 0.3 is 19.8 Å². The van der Waals surface area contributed by atoms with E-state index in [0.29, 0.717) is 25.7 Å². The predicted octanol–water partition coefficient (Wildman–Crippen LogP) is 10.2. The van der Waals surface area contributed by atoms with Gasteiger partial charge in [0.25, 0.3) is 0 Å². The first-order chi connectivity index (χ1) is 26.1. The van der Waals surface area contributed by atoms with Crippen molar-refractivity contribution in [3.63, 3.8) is 0 Å². The van der Waals surface area contributed by atoms with Gasteiger partial charge in [-0.25, -0.2) is 4.57 Å². The maximum atomic E-state index is 12.4. The third kappa shape index (κ3) is 37.7. The molecule has 11 heteroatoms. The Morgan fingerprint density at radius 2 is 1.07 bits per heavy atom. The molecule has 0 radical (unpaired) electrons. The smallest absolute Gasteiger partial charge is 0.462 e. The van der Waals surface area contributed by atoms with Crippen molar-refractivity contribution in [3.8, 4) is 0 Å². The lowest BCUT2D eigenvalue weighted by molar-refractivity contribution is -0.161. The van der Waals surface area contributed by atoms with Crippen LogP contribution in [0.2, 0.25) is 0 Å². The van der Waals surface area contributed by atoms with Gasteiger partial charge in [0.2, 0.25) is 0 Å². The van der Waals surface area contributed by atoms with Crippen molar-refractivity contribution in [2.75, 3.05) is 13.2 Å². The summed E-state index contributed by atoms with van der Waals surface area (Å²) in [5.41, 5.74) is 0. The summed E-state index contributed by atoms with van der Waals surface area (Å²) in [4.78, 5) is 42.8. The van der Waals surface area contributed by atoms with Crippen LogP contribution in [0.4, 0.5) is 0 Å². The molecule has 0 aliphatic rings. The van der Waals surface area contributed by atoms with Crippen molar-refractivity contribution < 1.29 is 48.2 Å². The van der Waals surface area contributed by atoms with Gasteiger partial charge in [0.1, 0.15) is 6.61 Å². The van der Waals surface area contributed by atoms with Crippen molar-refractivity contribution in [2.24, 2.45) is 0 Å². The summed E-state index contributed by atoms with van der Waals surface area (Å²) in [6.45, 7) is 3.34. The van der Waals surface area contributed by atoms with Crippen molar-refractivity contribution in [2.45, 2.75) is 173 Å². The van der Waals surface area contributed by atoms with E-state index in [-0.39, 0.29) is 19.4 Å². The molecule has 0 fully saturated rings. The number of carbonyl (C=O) groups is 2. The molecule has 0 aromatic carbocycles. The summed E-state index contributed by atoms with van der Waals surface area (Å²) in [7, 11) is -4.80. The van der Waals surface area contributed by atoms with Crippen molar-refractivity contribution in [1.29, 1.82) is 0 Å². The molecule has 3 atom stereocenters. The molecule has 4 N–H and O–H groups in total. The Morgan fingerprint density at radius 3 is 1.67 bits per heavy atom. The van der Waals surface area contributed by atoms with Crippen LogP contribution in [0.1, 0.15) is 155 Å². The Balaban J connectivity index is 4.14. The van der Waals surface area contributed by atoms with Crippen LogP contribution in [0.25, 0.3) is 0 Å². The number of phosphoric acid groups is 1. The van der Waals surface area contributed by atoms with Crippen LogP contribution in [-0.2, 0) is 28.2 Å². The van der Waals surface area contributed by atoms with Crippen LogP contribution >= 0.6 is 7.82 Å². The average molecular weight is 781 g/mol. The van der Waals surface area contributed by atoms with Crippen LogP contribution in [0.5, 0.6) is 0 Å². The minimum atomic E-state index is -4.80. The number of aliphatic hydroxyl groups excluding tert-OH is 2. The van der Waals surface area contributed by atoms with Crippen LogP contribution in [0.3, 0.4) is 0 Å². The highest BCUT2D eigenvalue weighted by Gasteiger charge is 2.23. The Labute approximate surface area is 326 Å². The topological polar surface area (TPSA) is 160 Å². The van der Waals surface area contributed by atoms with Crippen LogP contribution < -0.4 is 0 Å². The van der Waals surface area contributed by atoms with Crippen LogP contribution in [0.15, 0.2) is 72.9 Å². The largest absolute Gasteiger partial charge is 0.469 e. The number of allylic oxidation sites excluding steroid dienone is 11. The lowest BCUT2D eigenvalue weighted by atomic mass is 10.0. The maximum Gasteiger partial charge on any atom is 0.469 e. The minimum absolute atomic E-state index is 0.137. The van der Waals surface area contributed by atoms with E-state index in [1.807, 2.05) is 6.08 Å². The van der Waals surface area contributed by atoms with Crippen LogP contribution in [0, 0.1) is 0 Å². The molecule has 0 aliphatic heterocycles. The Hall–Kier alpha value is -2.59. The van der Waals surface area contributed by atoms with E-state index < -0.39 is 44.7 Å². The molecule has 0 amide bonds. The highest BCUT2D eigenvalue weighted by molar-refractivity contribution is 7.46. The van der Waals surface area contributed by atoms with Crippen molar-refractivity contribution in [1.82, 2.24) is 0 Å². The number of hydrogen-bond acceptors (Lipinski definition) is 8. The first-order valence-corrected chi connectivity index (χ1v) is 21.9. The fourth-order valence-electron chi connectivity index (χ4n) is 5.24. The molecular formula is C43H73O10P. The number of carbonyl (C=O) groups excluding carboxylic acids is 2. The first kappa shape index (κ1) is 51.4. The zero-order valence-electron chi connectivity index (χ0n) is 33.3. The SMILES string of the molecule is CC/C=C\C/C=C\C/C=C\C/C=C\C/C=C\CCCCCC(=O)O[C@H](COC(=O)CCCCCCC[C@@H](O)[C@H](O)C/C=C\CCCCC)COP(=O)(O)O. The van der Waals surface area contributed by atoms with Crippen molar-refractivity contribution in [3.05, 3.63) is 72.9 Å². The lowest BCUT2D eigenvalue weighted by Gasteiger charge is -2.18. The van der Waals surface area contributed by atoms with E-state index >= 15 is 0 Å². The number of ether oxygens (including phenoxy) is 2. The third-order valence-electron chi connectivity index (χ3n) is 8.41. The monoisotopic (exact) mass is 780 g/mol. The normalized spacial score (nSPS) is 14.4. The van der Waals surface area contributed by atoms with Gasteiger partial charge in [-0.3, -0.25) is 14.1 Å². The van der Waals surface area contributed by atoms with E-state index in [0.717, 1.165) is 89.9 Å². The molecule has 0 aliphatic carbocycles. The maximum absolute atomic E-state index is 12.4. The molecule has 0 rings (SSSR count). The van der Waals surface area contributed by atoms with Crippen LogP contribution in [-0.4, -0.2) is 63.5 Å². The molecule has 0 spiro atoms. The lowest BCUT2D eigenvalue weighted by Crippen LogP contribution is -2.29. The van der Waals surface area contributed by atoms with E-state index in [2.05, 4.69) is 85.2 Å². The van der Waals surface area contributed by atoms with Gasteiger partial charge in [-0.2, -0.15) is 0 Å². The summed E-state index contributed by atoms with van der Waals surface area (Å²) in [5.74, 6) is -1.04. The van der Waals surface area contributed by atoms with E-state index in [1.165, 1.54) is 12.8 Å². The molecule has 0 saturated carbocycles. The zero-order chi connectivity index (χ0) is 40.0. The third-order valence-corrected chi connectivity index (χ3v) is 8.90. The average Bonchev–Trinajstić information content (AvgIpc) is 3.14. The standard InChI is InChI=1S/C43H73O10P/c1-3-5-7-9-11-12-13-14-15-16-17-18-19-20-21-22-23-27-32-36-43(47)53-39(38-52-54(48,49)50)37-51-42(46)35-31-28-24-26-30-34-41(45)40(44)33-29-25-10-8-6-4-2/h5,7,11-12,14-15,17-18,20-21,25,29,39-41,44-45H,3-4,6,8-10,13,16,19,22-24,26-28,30-38H2,1-2H3,(H2,48,49,50)/b7-5-,12-11-,15-14-,18-17-,21-20-,29-25-/t39-,40-,41-/m1/s1. The molecule has 0 heterocycles. The summed E-state index contributed by atoms with van der Waals surface area (Å²) in [5, 5.41) is 20.3. The Kier molecular flexibility index (Phi) is 35.5. The van der Waals surface area contributed by atoms with Gasteiger partial charge in [0.05, 0.1) is 18.8 Å². The first-order valence-electron chi connectivity index (χ1n) is 20.4. The highest BCUT2D eigenvalue weighted by atomic mass is 31.2. The van der Waals surface area contributed by atoms with Gasteiger partial charge in [0.15, 0.2) is 6.10 Å².